The number of benzene rings is 7. The smallest absolute Gasteiger partial charge is 0.0554 e. The molecule has 198 valence electrons. The number of fused-ring (bicyclic) bond motifs is 7. The van der Waals surface area contributed by atoms with Crippen LogP contribution in [-0.4, -0.2) is 4.57 Å². The Hall–Kier alpha value is -5.14. The minimum atomic E-state index is -0.0816. The van der Waals surface area contributed by atoms with Crippen LogP contribution in [-0.2, 0) is 5.41 Å². The van der Waals surface area contributed by atoms with Crippen molar-refractivity contribution >= 4 is 43.4 Å². The average molecular weight is 536 g/mol. The first-order chi connectivity index (χ1) is 20.6. The molecule has 0 N–H and O–H groups in total. The van der Waals surface area contributed by atoms with E-state index < -0.39 is 0 Å². The zero-order valence-corrected chi connectivity index (χ0v) is 23.7. The quantitative estimate of drug-likeness (QED) is 0.207. The number of rotatable bonds is 2. The van der Waals surface area contributed by atoms with E-state index in [4.69, 9.17) is 0 Å². The Labute approximate surface area is 245 Å². The molecule has 0 unspecified atom stereocenters. The lowest BCUT2D eigenvalue weighted by Gasteiger charge is -2.35. The average Bonchev–Trinajstić information content (AvgIpc) is 3.34. The van der Waals surface area contributed by atoms with Crippen LogP contribution in [0.4, 0.5) is 0 Å². The number of para-hydroxylation sites is 1. The fourth-order valence-electron chi connectivity index (χ4n) is 7.61. The molecule has 8 aromatic rings. The summed E-state index contributed by atoms with van der Waals surface area (Å²) in [7, 11) is 0. The maximum Gasteiger partial charge on any atom is 0.0554 e. The van der Waals surface area contributed by atoms with E-state index in [1.807, 2.05) is 0 Å². The predicted molar refractivity (Wildman–Crippen MR) is 179 cm³/mol. The Morgan fingerprint density at radius 1 is 0.476 bits per heavy atom. The second-order valence-electron chi connectivity index (χ2n) is 12.2. The Morgan fingerprint density at radius 2 is 1.10 bits per heavy atom. The zero-order valence-electron chi connectivity index (χ0n) is 23.7. The largest absolute Gasteiger partial charge is 0.309 e. The molecule has 1 heteroatoms. The van der Waals surface area contributed by atoms with Crippen molar-refractivity contribution in [2.45, 2.75) is 19.3 Å². The SMILES string of the molecule is CC1(C)c2ccccc2-c2c3c1cccc3cc1c2c2cc3ccccc3cc2n1-c1ccccc1-c1ccccc1. The number of hydrogen-bond donors (Lipinski definition) is 0. The van der Waals surface area contributed by atoms with Crippen molar-refractivity contribution < 1.29 is 0 Å². The minimum Gasteiger partial charge on any atom is -0.309 e. The lowest BCUT2D eigenvalue weighted by molar-refractivity contribution is 0.645. The molecule has 1 aromatic heterocycles. The van der Waals surface area contributed by atoms with E-state index in [0.717, 1.165) is 0 Å². The highest BCUT2D eigenvalue weighted by Crippen LogP contribution is 2.53. The third kappa shape index (κ3) is 3.08. The lowest BCUT2D eigenvalue weighted by atomic mass is 9.68. The van der Waals surface area contributed by atoms with Gasteiger partial charge in [-0.05, 0) is 68.1 Å². The highest BCUT2D eigenvalue weighted by atomic mass is 15.0. The van der Waals surface area contributed by atoms with Crippen LogP contribution in [0, 0.1) is 0 Å². The van der Waals surface area contributed by atoms with Gasteiger partial charge in [-0.3, -0.25) is 0 Å². The number of nitrogens with zero attached hydrogens (tertiary/aromatic N) is 1. The third-order valence-electron chi connectivity index (χ3n) is 9.53. The first kappa shape index (κ1) is 23.6. The summed E-state index contributed by atoms with van der Waals surface area (Å²) in [5.41, 5.74) is 11.6. The van der Waals surface area contributed by atoms with Crippen LogP contribution < -0.4 is 0 Å². The van der Waals surface area contributed by atoms with E-state index in [1.54, 1.807) is 0 Å². The molecule has 0 saturated heterocycles. The second-order valence-corrected chi connectivity index (χ2v) is 12.2. The van der Waals surface area contributed by atoms with Gasteiger partial charge in [0.05, 0.1) is 16.7 Å². The number of hydrogen-bond acceptors (Lipinski definition) is 0. The van der Waals surface area contributed by atoms with Crippen molar-refractivity contribution in [3.05, 3.63) is 151 Å². The maximum absolute atomic E-state index is 2.52. The first-order valence-electron chi connectivity index (χ1n) is 14.8. The van der Waals surface area contributed by atoms with Crippen LogP contribution in [0.25, 0.3) is 71.3 Å². The lowest BCUT2D eigenvalue weighted by Crippen LogP contribution is -2.23. The molecule has 0 aliphatic heterocycles. The Balaban J connectivity index is 1.55. The van der Waals surface area contributed by atoms with Crippen LogP contribution >= 0.6 is 0 Å². The van der Waals surface area contributed by atoms with Crippen LogP contribution in [0.1, 0.15) is 25.0 Å². The van der Waals surface area contributed by atoms with Gasteiger partial charge in [0.25, 0.3) is 0 Å². The van der Waals surface area contributed by atoms with Crippen LogP contribution in [0.15, 0.2) is 140 Å². The summed E-state index contributed by atoms with van der Waals surface area (Å²) in [5.74, 6) is 0. The molecule has 1 nitrogen and oxygen atoms in total. The van der Waals surface area contributed by atoms with Gasteiger partial charge in [0.2, 0.25) is 0 Å². The Morgan fingerprint density at radius 3 is 1.93 bits per heavy atom. The van der Waals surface area contributed by atoms with E-state index in [2.05, 4.69) is 158 Å². The van der Waals surface area contributed by atoms with E-state index in [1.165, 1.54) is 82.4 Å². The third-order valence-corrected chi connectivity index (χ3v) is 9.53. The van der Waals surface area contributed by atoms with Crippen molar-refractivity contribution in [2.75, 3.05) is 0 Å². The van der Waals surface area contributed by atoms with E-state index in [0.29, 0.717) is 0 Å². The second kappa shape index (κ2) is 8.44. The van der Waals surface area contributed by atoms with Gasteiger partial charge in [0.1, 0.15) is 0 Å². The van der Waals surface area contributed by atoms with Crippen molar-refractivity contribution in [2.24, 2.45) is 0 Å². The summed E-state index contributed by atoms with van der Waals surface area (Å²) < 4.78 is 2.52. The monoisotopic (exact) mass is 535 g/mol. The molecule has 7 aromatic carbocycles. The molecule has 1 heterocycles. The molecule has 0 amide bonds. The molecule has 0 spiro atoms. The van der Waals surface area contributed by atoms with Crippen LogP contribution in [0.2, 0.25) is 0 Å². The van der Waals surface area contributed by atoms with Crippen LogP contribution in [0.3, 0.4) is 0 Å². The van der Waals surface area contributed by atoms with Gasteiger partial charge in [-0.15, -0.1) is 0 Å². The van der Waals surface area contributed by atoms with Crippen molar-refractivity contribution in [1.82, 2.24) is 4.57 Å². The highest BCUT2D eigenvalue weighted by molar-refractivity contribution is 6.26. The fourth-order valence-corrected chi connectivity index (χ4v) is 7.61. The van der Waals surface area contributed by atoms with Crippen LogP contribution in [0.5, 0.6) is 0 Å². The summed E-state index contributed by atoms with van der Waals surface area (Å²) in [4.78, 5) is 0. The molecule has 0 atom stereocenters. The van der Waals surface area contributed by atoms with E-state index in [-0.39, 0.29) is 5.41 Å². The summed E-state index contributed by atoms with van der Waals surface area (Å²) in [6, 6.07) is 51.6. The van der Waals surface area contributed by atoms with Gasteiger partial charge in [-0.25, -0.2) is 0 Å². The van der Waals surface area contributed by atoms with Crippen molar-refractivity contribution in [1.29, 1.82) is 0 Å². The van der Waals surface area contributed by atoms with Gasteiger partial charge >= 0.3 is 0 Å². The van der Waals surface area contributed by atoms with Gasteiger partial charge < -0.3 is 4.57 Å². The first-order valence-corrected chi connectivity index (χ1v) is 14.8. The zero-order chi connectivity index (χ0) is 28.0. The molecule has 0 saturated carbocycles. The fraction of sp³-hybridized carbons (Fsp3) is 0.0732. The molecule has 9 rings (SSSR count). The minimum absolute atomic E-state index is 0.0816. The molecule has 0 radical (unpaired) electrons. The topological polar surface area (TPSA) is 4.93 Å². The summed E-state index contributed by atoms with van der Waals surface area (Å²) in [6.07, 6.45) is 0. The molecular formula is C41H29N. The van der Waals surface area contributed by atoms with Crippen molar-refractivity contribution in [3.8, 4) is 27.9 Å². The van der Waals surface area contributed by atoms with E-state index >= 15 is 0 Å². The van der Waals surface area contributed by atoms with Crippen molar-refractivity contribution in [3.63, 3.8) is 0 Å². The predicted octanol–water partition coefficient (Wildman–Crippen LogP) is 11.1. The Kier molecular flexibility index (Phi) is 4.73. The molecule has 1 aliphatic carbocycles. The molecule has 0 bridgehead atoms. The maximum atomic E-state index is 2.52. The summed E-state index contributed by atoms with van der Waals surface area (Å²) in [5, 5.41) is 7.84. The molecule has 42 heavy (non-hydrogen) atoms. The number of aromatic nitrogens is 1. The van der Waals surface area contributed by atoms with Gasteiger partial charge in [0, 0.05) is 27.3 Å². The standard InChI is InChI=1S/C41H29N/c1-41(2)33-20-10-8-19-31(33)40-38-29(17-12-21-34(38)41)25-37-39(40)32-23-27-15-6-7-16-28(27)24-36(32)42(37)35-22-11-9-18-30(35)26-13-4-3-5-14-26/h3-25H,1-2H3. The highest BCUT2D eigenvalue weighted by Gasteiger charge is 2.35. The molecule has 1 aliphatic rings. The van der Waals surface area contributed by atoms with Gasteiger partial charge in [0.15, 0.2) is 0 Å². The summed E-state index contributed by atoms with van der Waals surface area (Å²) >= 11 is 0. The molecule has 0 fully saturated rings. The van der Waals surface area contributed by atoms with E-state index in [9.17, 15) is 0 Å². The molecular weight excluding hydrogens is 506 g/mol. The Bertz CT molecular complexity index is 2370. The van der Waals surface area contributed by atoms with Gasteiger partial charge in [-0.2, -0.15) is 0 Å². The normalized spacial score (nSPS) is 13.7. The van der Waals surface area contributed by atoms with Gasteiger partial charge in [-0.1, -0.05) is 129 Å². The summed E-state index contributed by atoms with van der Waals surface area (Å²) in [6.45, 7) is 4.75.